The maximum atomic E-state index is 12.5. The minimum absolute atomic E-state index is 0.0773. The van der Waals surface area contributed by atoms with Crippen LogP contribution in [-0.2, 0) is 11.8 Å². The highest BCUT2D eigenvalue weighted by Crippen LogP contribution is 2.27. The molecule has 0 saturated heterocycles. The highest BCUT2D eigenvalue weighted by atomic mass is 32.2. The van der Waals surface area contributed by atoms with E-state index in [2.05, 4.69) is 10.3 Å². The summed E-state index contributed by atoms with van der Waals surface area (Å²) in [5.41, 5.74) is 2.98. The zero-order valence-electron chi connectivity index (χ0n) is 14.3. The van der Waals surface area contributed by atoms with E-state index in [1.807, 2.05) is 42.8 Å². The maximum Gasteiger partial charge on any atom is 0.237 e. The molecule has 3 aromatic rings. The number of amides is 1. The second kappa shape index (κ2) is 7.11. The lowest BCUT2D eigenvalue weighted by Gasteiger charge is -2.13. The number of hydrogen-bond donors (Lipinski definition) is 1. The number of thioether (sulfide) groups is 1. The fourth-order valence-electron chi connectivity index (χ4n) is 2.57. The fraction of sp³-hybridized carbons (Fsp3) is 0.211. The molecule has 1 amide bonds. The number of rotatable bonds is 5. The molecule has 128 valence electrons. The number of Topliss-reactive ketones (excluding diaryl/α,β-unsaturated/α-hetero) is 1. The third kappa shape index (κ3) is 3.58. The average Bonchev–Trinajstić information content (AvgIpc) is 2.91. The Bertz CT molecular complexity index is 949. The van der Waals surface area contributed by atoms with Gasteiger partial charge in [-0.1, -0.05) is 36.0 Å². The van der Waals surface area contributed by atoms with Gasteiger partial charge in [0.1, 0.15) is 0 Å². The van der Waals surface area contributed by atoms with Crippen LogP contribution in [0.2, 0.25) is 0 Å². The van der Waals surface area contributed by atoms with E-state index in [-0.39, 0.29) is 16.9 Å². The van der Waals surface area contributed by atoms with E-state index in [1.54, 1.807) is 24.3 Å². The molecular weight excluding hydrogens is 334 g/mol. The molecule has 1 heterocycles. The molecule has 0 aliphatic carbocycles. The molecule has 0 saturated carbocycles. The van der Waals surface area contributed by atoms with E-state index in [1.165, 1.54) is 18.7 Å². The number of carbonyl (C=O) groups excluding carboxylic acids is 2. The first kappa shape index (κ1) is 17.2. The van der Waals surface area contributed by atoms with Crippen LogP contribution >= 0.6 is 11.8 Å². The molecule has 3 rings (SSSR count). The smallest absolute Gasteiger partial charge is 0.237 e. The quantitative estimate of drug-likeness (QED) is 0.558. The molecule has 0 fully saturated rings. The van der Waals surface area contributed by atoms with Crippen molar-refractivity contribution in [2.45, 2.75) is 24.3 Å². The zero-order valence-corrected chi connectivity index (χ0v) is 15.1. The summed E-state index contributed by atoms with van der Waals surface area (Å²) in [6, 6.07) is 14.9. The van der Waals surface area contributed by atoms with Gasteiger partial charge in [-0.15, -0.1) is 0 Å². The van der Waals surface area contributed by atoms with Crippen LogP contribution in [0.4, 0.5) is 5.69 Å². The molecule has 1 atom stereocenters. The van der Waals surface area contributed by atoms with Gasteiger partial charge in [-0.3, -0.25) is 9.59 Å². The number of fused-ring (bicyclic) bond motifs is 1. The fourth-order valence-corrected chi connectivity index (χ4v) is 3.46. The molecule has 6 heteroatoms. The summed E-state index contributed by atoms with van der Waals surface area (Å²) in [5.74, 6) is -0.239. The van der Waals surface area contributed by atoms with Crippen molar-refractivity contribution in [1.29, 1.82) is 0 Å². The number of benzene rings is 2. The van der Waals surface area contributed by atoms with Gasteiger partial charge in [0.2, 0.25) is 5.91 Å². The predicted octanol–water partition coefficient (Wildman–Crippen LogP) is 3.90. The van der Waals surface area contributed by atoms with E-state index in [0.29, 0.717) is 11.3 Å². The number of imidazole rings is 1. The number of ketones is 1. The Labute approximate surface area is 150 Å². The number of nitrogens with one attached hydrogen (secondary N) is 1. The highest BCUT2D eigenvalue weighted by Gasteiger charge is 2.19. The standard InChI is InChI=1S/C19H19N3O2S/c1-12(23)14-8-4-5-9-15(14)20-18(24)13(2)25-19-21-16-10-6-7-11-17(16)22(19)3/h4-11,13H,1-3H3,(H,20,24)/t13-/m1/s1. The molecular formula is C19H19N3O2S. The summed E-state index contributed by atoms with van der Waals surface area (Å²) < 4.78 is 1.98. The molecule has 0 radical (unpaired) electrons. The summed E-state index contributed by atoms with van der Waals surface area (Å²) in [6.07, 6.45) is 0. The van der Waals surface area contributed by atoms with Crippen molar-refractivity contribution in [3.05, 3.63) is 54.1 Å². The van der Waals surface area contributed by atoms with Crippen molar-refractivity contribution in [3.63, 3.8) is 0 Å². The third-order valence-corrected chi connectivity index (χ3v) is 5.11. The monoisotopic (exact) mass is 353 g/mol. The summed E-state index contributed by atoms with van der Waals surface area (Å²) in [7, 11) is 1.94. The van der Waals surface area contributed by atoms with Gasteiger partial charge in [0.25, 0.3) is 0 Å². The molecule has 2 aromatic carbocycles. The number of nitrogens with zero attached hydrogens (tertiary/aromatic N) is 2. The van der Waals surface area contributed by atoms with Crippen LogP contribution < -0.4 is 5.32 Å². The second-order valence-corrected chi connectivity index (χ2v) is 7.10. The normalized spacial score (nSPS) is 12.1. The number of aromatic nitrogens is 2. The van der Waals surface area contributed by atoms with E-state index in [9.17, 15) is 9.59 Å². The minimum Gasteiger partial charge on any atom is -0.324 e. The molecule has 25 heavy (non-hydrogen) atoms. The Morgan fingerprint density at radius 2 is 1.80 bits per heavy atom. The van der Waals surface area contributed by atoms with Gasteiger partial charge in [0.15, 0.2) is 10.9 Å². The van der Waals surface area contributed by atoms with Crippen molar-refractivity contribution in [2.24, 2.45) is 7.05 Å². The topological polar surface area (TPSA) is 64.0 Å². The van der Waals surface area contributed by atoms with Crippen molar-refractivity contribution in [1.82, 2.24) is 9.55 Å². The van der Waals surface area contributed by atoms with Gasteiger partial charge in [0.05, 0.1) is 22.0 Å². The van der Waals surface area contributed by atoms with Crippen LogP contribution in [0.25, 0.3) is 11.0 Å². The minimum atomic E-state index is -0.351. The molecule has 0 aliphatic heterocycles. The van der Waals surface area contributed by atoms with E-state index >= 15 is 0 Å². The van der Waals surface area contributed by atoms with Gasteiger partial charge in [0, 0.05) is 12.6 Å². The zero-order chi connectivity index (χ0) is 18.0. The van der Waals surface area contributed by atoms with E-state index in [0.717, 1.165) is 16.2 Å². The number of hydrogen-bond acceptors (Lipinski definition) is 4. The summed E-state index contributed by atoms with van der Waals surface area (Å²) in [6.45, 7) is 3.32. The highest BCUT2D eigenvalue weighted by molar-refractivity contribution is 8.00. The Kier molecular flexibility index (Phi) is 4.90. The van der Waals surface area contributed by atoms with Crippen LogP contribution in [-0.4, -0.2) is 26.5 Å². The first-order valence-corrected chi connectivity index (χ1v) is 8.84. The molecule has 5 nitrogen and oxygen atoms in total. The number of carbonyl (C=O) groups is 2. The lowest BCUT2D eigenvalue weighted by molar-refractivity contribution is -0.115. The van der Waals surface area contributed by atoms with Gasteiger partial charge in [-0.25, -0.2) is 4.98 Å². The van der Waals surface area contributed by atoms with Gasteiger partial charge >= 0.3 is 0 Å². The first-order chi connectivity index (χ1) is 12.0. The van der Waals surface area contributed by atoms with Gasteiger partial charge < -0.3 is 9.88 Å². The van der Waals surface area contributed by atoms with Crippen LogP contribution in [0.15, 0.2) is 53.7 Å². The van der Waals surface area contributed by atoms with Crippen molar-refractivity contribution in [3.8, 4) is 0 Å². The van der Waals surface area contributed by atoms with Gasteiger partial charge in [-0.2, -0.15) is 0 Å². The largest absolute Gasteiger partial charge is 0.324 e. The van der Waals surface area contributed by atoms with Gasteiger partial charge in [-0.05, 0) is 38.1 Å². The molecule has 0 unspecified atom stereocenters. The van der Waals surface area contributed by atoms with Crippen LogP contribution in [0, 0.1) is 0 Å². The Morgan fingerprint density at radius 1 is 1.12 bits per heavy atom. The lowest BCUT2D eigenvalue weighted by Crippen LogP contribution is -2.23. The molecule has 0 spiro atoms. The SMILES string of the molecule is CC(=O)c1ccccc1NC(=O)[C@@H](C)Sc1nc2ccccc2n1C. The number of para-hydroxylation sites is 3. The van der Waals surface area contributed by atoms with Crippen LogP contribution in [0.1, 0.15) is 24.2 Å². The average molecular weight is 353 g/mol. The summed E-state index contributed by atoms with van der Waals surface area (Å²) >= 11 is 1.39. The van der Waals surface area contributed by atoms with E-state index in [4.69, 9.17) is 0 Å². The molecule has 0 aliphatic rings. The summed E-state index contributed by atoms with van der Waals surface area (Å²) in [5, 5.41) is 3.28. The Morgan fingerprint density at radius 3 is 2.52 bits per heavy atom. The van der Waals surface area contributed by atoms with E-state index < -0.39 is 0 Å². The summed E-state index contributed by atoms with van der Waals surface area (Å²) in [4.78, 5) is 28.8. The maximum absolute atomic E-state index is 12.5. The number of aryl methyl sites for hydroxylation is 1. The number of anilines is 1. The third-order valence-electron chi connectivity index (χ3n) is 3.96. The lowest BCUT2D eigenvalue weighted by atomic mass is 10.1. The Hall–Kier alpha value is -2.60. The van der Waals surface area contributed by atoms with Crippen molar-refractivity contribution in [2.75, 3.05) is 5.32 Å². The van der Waals surface area contributed by atoms with Crippen molar-refractivity contribution >= 4 is 40.2 Å². The van der Waals surface area contributed by atoms with Crippen molar-refractivity contribution < 1.29 is 9.59 Å². The predicted molar refractivity (Wildman–Crippen MR) is 101 cm³/mol. The molecule has 1 aromatic heterocycles. The second-order valence-electron chi connectivity index (χ2n) is 5.79. The van der Waals surface area contributed by atoms with Crippen LogP contribution in [0.3, 0.4) is 0 Å². The van der Waals surface area contributed by atoms with Crippen LogP contribution in [0.5, 0.6) is 0 Å². The molecule has 1 N–H and O–H groups in total. The first-order valence-electron chi connectivity index (χ1n) is 7.96. The molecule has 0 bridgehead atoms. The Balaban J connectivity index is 1.77.